The minimum absolute atomic E-state index is 0.122. The Morgan fingerprint density at radius 2 is 2.47 bits per heavy atom. The van der Waals surface area contributed by atoms with Crippen molar-refractivity contribution in [2.75, 3.05) is 13.7 Å². The lowest BCUT2D eigenvalue weighted by atomic mass is 10.2. The van der Waals surface area contributed by atoms with Crippen molar-refractivity contribution in [3.63, 3.8) is 0 Å². The maximum Gasteiger partial charge on any atom is 0.217 e. The van der Waals surface area contributed by atoms with Gasteiger partial charge in [-0.25, -0.2) is 9.07 Å². The highest BCUT2D eigenvalue weighted by Gasteiger charge is 2.22. The maximum atomic E-state index is 13.4. The fourth-order valence-electron chi connectivity index (χ4n) is 1.15. The highest BCUT2D eigenvalue weighted by atomic mass is 19.1. The van der Waals surface area contributed by atoms with Crippen LogP contribution >= 0.6 is 0 Å². The maximum absolute atomic E-state index is 13.4. The van der Waals surface area contributed by atoms with Gasteiger partial charge in [-0.3, -0.25) is 4.79 Å². The molecule has 84 valence electrons. The molecule has 6 heteroatoms. The number of carbonyl (C=O) groups is 1. The fraction of sp³-hybridized carbons (Fsp3) is 0.556. The zero-order chi connectivity index (χ0) is 11.3. The quantitative estimate of drug-likeness (QED) is 0.743. The van der Waals surface area contributed by atoms with E-state index in [1.807, 2.05) is 0 Å². The van der Waals surface area contributed by atoms with Crippen molar-refractivity contribution >= 4 is 5.78 Å². The highest BCUT2D eigenvalue weighted by molar-refractivity contribution is 5.80. The molecule has 0 radical (unpaired) electrons. The van der Waals surface area contributed by atoms with Gasteiger partial charge in [0.1, 0.15) is 12.7 Å². The molecule has 15 heavy (non-hydrogen) atoms. The minimum Gasteiger partial charge on any atom is -0.388 e. The van der Waals surface area contributed by atoms with Crippen molar-refractivity contribution in [2.45, 2.75) is 18.8 Å². The fourth-order valence-corrected chi connectivity index (χ4v) is 1.15. The number of carbonyl (C=O) groups excluding carboxylic acids is 1. The first-order valence-electron chi connectivity index (χ1n) is 4.47. The van der Waals surface area contributed by atoms with Crippen molar-refractivity contribution in [2.24, 2.45) is 0 Å². The number of ketones is 1. The molecule has 1 aromatic heterocycles. The zero-order valence-corrected chi connectivity index (χ0v) is 8.34. The number of rotatable bonds is 6. The smallest absolute Gasteiger partial charge is 0.217 e. The number of methoxy groups -OCH3 is 1. The number of ether oxygens (including phenoxy) is 1. The molecule has 0 aromatic carbocycles. The number of aliphatic hydroxyl groups is 1. The average Bonchev–Trinajstić information content (AvgIpc) is 2.69. The molecule has 0 aliphatic rings. The molecule has 2 unspecified atom stereocenters. The van der Waals surface area contributed by atoms with Crippen molar-refractivity contribution in [1.29, 1.82) is 0 Å². The summed E-state index contributed by atoms with van der Waals surface area (Å²) in [6.07, 6.45) is -0.604. The van der Waals surface area contributed by atoms with Crippen molar-refractivity contribution in [1.82, 2.24) is 9.78 Å². The number of halogens is 1. The molecule has 0 aliphatic heterocycles. The average molecular weight is 216 g/mol. The highest BCUT2D eigenvalue weighted by Crippen LogP contribution is 2.15. The van der Waals surface area contributed by atoms with Gasteiger partial charge < -0.3 is 9.84 Å². The van der Waals surface area contributed by atoms with Crippen LogP contribution in [0.3, 0.4) is 0 Å². The van der Waals surface area contributed by atoms with Crippen LogP contribution in [0.15, 0.2) is 18.5 Å². The summed E-state index contributed by atoms with van der Waals surface area (Å²) in [4.78, 5) is 11.0. The van der Waals surface area contributed by atoms with Gasteiger partial charge in [0.2, 0.25) is 6.30 Å². The molecule has 0 spiro atoms. The summed E-state index contributed by atoms with van der Waals surface area (Å²) in [7, 11) is 1.37. The third-order valence-electron chi connectivity index (χ3n) is 1.84. The Labute approximate surface area is 86.5 Å². The standard InChI is InChI=1S/C9H13FN2O3/c1-15-6-7(13)5-8(14)9(10)12-4-2-3-11-12/h2-4,8-9,14H,5-6H2,1H3. The second-order valence-corrected chi connectivity index (χ2v) is 3.10. The summed E-state index contributed by atoms with van der Waals surface area (Å²) >= 11 is 0. The molecule has 2 atom stereocenters. The monoisotopic (exact) mass is 216 g/mol. The number of aliphatic hydroxyl groups excluding tert-OH is 1. The van der Waals surface area contributed by atoms with Crippen LogP contribution in [0.2, 0.25) is 0 Å². The molecule has 0 saturated carbocycles. The lowest BCUT2D eigenvalue weighted by Crippen LogP contribution is -2.25. The Balaban J connectivity index is 2.46. The molecule has 0 amide bonds. The Kier molecular flexibility index (Phi) is 4.38. The summed E-state index contributed by atoms with van der Waals surface area (Å²) in [6.45, 7) is -0.122. The van der Waals surface area contributed by atoms with Crippen LogP contribution in [0.4, 0.5) is 4.39 Å². The van der Waals surface area contributed by atoms with Gasteiger partial charge in [-0.2, -0.15) is 5.10 Å². The molecular formula is C9H13FN2O3. The first-order valence-corrected chi connectivity index (χ1v) is 4.47. The van der Waals surface area contributed by atoms with E-state index in [1.165, 1.54) is 25.6 Å². The van der Waals surface area contributed by atoms with Crippen LogP contribution in [0, 0.1) is 0 Å². The number of hydrogen-bond acceptors (Lipinski definition) is 4. The summed E-state index contributed by atoms with van der Waals surface area (Å²) in [5, 5.41) is 13.0. The molecule has 0 bridgehead atoms. The van der Waals surface area contributed by atoms with Crippen molar-refractivity contribution in [3.05, 3.63) is 18.5 Å². The Morgan fingerprint density at radius 1 is 1.73 bits per heavy atom. The predicted molar refractivity (Wildman–Crippen MR) is 49.9 cm³/mol. The van der Waals surface area contributed by atoms with Crippen LogP contribution in [0.25, 0.3) is 0 Å². The van der Waals surface area contributed by atoms with E-state index in [0.29, 0.717) is 0 Å². The van der Waals surface area contributed by atoms with Gasteiger partial charge in [0, 0.05) is 25.9 Å². The lowest BCUT2D eigenvalue weighted by Gasteiger charge is -2.14. The molecule has 1 heterocycles. The zero-order valence-electron chi connectivity index (χ0n) is 8.34. The number of alkyl halides is 1. The molecule has 1 aromatic rings. The van der Waals surface area contributed by atoms with Gasteiger partial charge in [-0.1, -0.05) is 0 Å². The van der Waals surface area contributed by atoms with Crippen LogP contribution in [0.1, 0.15) is 12.7 Å². The summed E-state index contributed by atoms with van der Waals surface area (Å²) in [5.74, 6) is -0.347. The largest absolute Gasteiger partial charge is 0.388 e. The van der Waals surface area contributed by atoms with E-state index in [2.05, 4.69) is 9.84 Å². The Hall–Kier alpha value is -1.27. The molecule has 1 N–H and O–H groups in total. The van der Waals surface area contributed by atoms with E-state index >= 15 is 0 Å². The SMILES string of the molecule is COCC(=O)CC(O)C(F)n1cccn1. The molecule has 5 nitrogen and oxygen atoms in total. The van der Waals surface area contributed by atoms with E-state index in [9.17, 15) is 14.3 Å². The first-order chi connectivity index (χ1) is 7.15. The van der Waals surface area contributed by atoms with Crippen LogP contribution in [-0.4, -0.2) is 40.5 Å². The van der Waals surface area contributed by atoms with Gasteiger partial charge in [0.05, 0.1) is 0 Å². The van der Waals surface area contributed by atoms with Gasteiger partial charge in [0.15, 0.2) is 5.78 Å². The van der Waals surface area contributed by atoms with Gasteiger partial charge >= 0.3 is 0 Å². The number of Topliss-reactive ketones (excluding diaryl/α,β-unsaturated/α-hetero) is 1. The minimum atomic E-state index is -1.71. The van der Waals surface area contributed by atoms with Crippen LogP contribution < -0.4 is 0 Å². The van der Waals surface area contributed by atoms with Gasteiger partial charge in [-0.05, 0) is 6.07 Å². The number of nitrogens with zero attached hydrogens (tertiary/aromatic N) is 2. The predicted octanol–water partition coefficient (Wildman–Crippen LogP) is 0.318. The number of aromatic nitrogens is 2. The Morgan fingerprint density at radius 3 is 3.00 bits per heavy atom. The van der Waals surface area contributed by atoms with Crippen LogP contribution in [0.5, 0.6) is 0 Å². The van der Waals surface area contributed by atoms with E-state index < -0.39 is 12.4 Å². The molecule has 0 saturated heterocycles. The summed E-state index contributed by atoms with van der Waals surface area (Å²) < 4.78 is 19.0. The summed E-state index contributed by atoms with van der Waals surface area (Å²) in [5.41, 5.74) is 0. The summed E-state index contributed by atoms with van der Waals surface area (Å²) in [6, 6.07) is 1.54. The van der Waals surface area contributed by atoms with E-state index in [0.717, 1.165) is 4.68 Å². The van der Waals surface area contributed by atoms with Gasteiger partial charge in [0.25, 0.3) is 0 Å². The normalized spacial score (nSPS) is 14.9. The first kappa shape index (κ1) is 11.8. The third kappa shape index (κ3) is 3.41. The molecule has 0 aliphatic carbocycles. The van der Waals surface area contributed by atoms with Crippen LogP contribution in [-0.2, 0) is 9.53 Å². The van der Waals surface area contributed by atoms with E-state index in [4.69, 9.17) is 0 Å². The second kappa shape index (κ2) is 5.57. The second-order valence-electron chi connectivity index (χ2n) is 3.10. The molecule has 1 rings (SSSR count). The van der Waals surface area contributed by atoms with Crippen molar-refractivity contribution in [3.8, 4) is 0 Å². The molecule has 0 fully saturated rings. The van der Waals surface area contributed by atoms with E-state index in [-0.39, 0.29) is 18.8 Å². The van der Waals surface area contributed by atoms with Gasteiger partial charge in [-0.15, -0.1) is 0 Å². The topological polar surface area (TPSA) is 64.3 Å². The Bertz CT molecular complexity index is 302. The van der Waals surface area contributed by atoms with E-state index in [1.54, 1.807) is 0 Å². The lowest BCUT2D eigenvalue weighted by molar-refractivity contribution is -0.126. The third-order valence-corrected chi connectivity index (χ3v) is 1.84. The molecular weight excluding hydrogens is 203 g/mol. The number of hydrogen-bond donors (Lipinski definition) is 1. The van der Waals surface area contributed by atoms with Crippen molar-refractivity contribution < 1.29 is 19.0 Å².